The number of sulfonamides is 1. The van der Waals surface area contributed by atoms with Crippen LogP contribution in [-0.2, 0) is 26.2 Å². The van der Waals surface area contributed by atoms with Gasteiger partial charge in [-0.1, -0.05) is 68.3 Å². The molecule has 2 amide bonds. The van der Waals surface area contributed by atoms with E-state index < -0.39 is 28.5 Å². The molecule has 0 spiro atoms. The van der Waals surface area contributed by atoms with Crippen molar-refractivity contribution in [1.29, 1.82) is 0 Å². The lowest BCUT2D eigenvalue weighted by atomic mass is 10.1. The van der Waals surface area contributed by atoms with E-state index in [1.807, 2.05) is 46.8 Å². The molecule has 0 saturated carbocycles. The lowest BCUT2D eigenvalue weighted by molar-refractivity contribution is -0.140. The van der Waals surface area contributed by atoms with Gasteiger partial charge < -0.3 is 15.0 Å². The van der Waals surface area contributed by atoms with Crippen molar-refractivity contribution in [1.82, 2.24) is 10.2 Å². The quantitative estimate of drug-likeness (QED) is 0.265. The molecular formula is C32H40ClN3O5S. The van der Waals surface area contributed by atoms with Gasteiger partial charge in [0.05, 0.1) is 17.7 Å². The normalized spacial score (nSPS) is 12.1. The summed E-state index contributed by atoms with van der Waals surface area (Å²) >= 11 is 6.40. The summed E-state index contributed by atoms with van der Waals surface area (Å²) in [6.07, 6.45) is 0.340. The molecule has 226 valence electrons. The Hall–Kier alpha value is -3.56. The van der Waals surface area contributed by atoms with Gasteiger partial charge >= 0.3 is 0 Å². The summed E-state index contributed by atoms with van der Waals surface area (Å²) in [7, 11) is -2.61. The number of nitrogens with one attached hydrogen (secondary N) is 1. The number of benzene rings is 3. The second-order valence-electron chi connectivity index (χ2n) is 10.7. The molecular weight excluding hydrogens is 574 g/mol. The molecule has 3 aromatic rings. The van der Waals surface area contributed by atoms with Crippen LogP contribution >= 0.6 is 11.6 Å². The molecule has 0 aliphatic heterocycles. The number of halogens is 1. The molecule has 0 fully saturated rings. The van der Waals surface area contributed by atoms with Crippen LogP contribution in [0.15, 0.2) is 71.6 Å². The second-order valence-corrected chi connectivity index (χ2v) is 13.0. The van der Waals surface area contributed by atoms with Gasteiger partial charge in [0.2, 0.25) is 11.8 Å². The first-order chi connectivity index (χ1) is 19.9. The van der Waals surface area contributed by atoms with E-state index in [1.54, 1.807) is 43.5 Å². The van der Waals surface area contributed by atoms with Crippen molar-refractivity contribution < 1.29 is 22.7 Å². The molecule has 0 aliphatic rings. The van der Waals surface area contributed by atoms with Gasteiger partial charge in [0.25, 0.3) is 10.0 Å². The monoisotopic (exact) mass is 613 g/mol. The summed E-state index contributed by atoms with van der Waals surface area (Å²) in [4.78, 5) is 29.0. The topological polar surface area (TPSA) is 96.0 Å². The Kier molecular flexibility index (Phi) is 11.4. The number of anilines is 1. The third kappa shape index (κ3) is 8.26. The number of carbonyl (C=O) groups is 2. The van der Waals surface area contributed by atoms with Crippen LogP contribution < -0.4 is 14.4 Å². The molecule has 0 heterocycles. The Balaban J connectivity index is 2.06. The highest BCUT2D eigenvalue weighted by molar-refractivity contribution is 7.92. The molecule has 42 heavy (non-hydrogen) atoms. The summed E-state index contributed by atoms with van der Waals surface area (Å²) in [5, 5.41) is 3.30. The maximum Gasteiger partial charge on any atom is 0.264 e. The molecule has 0 aliphatic carbocycles. The average molecular weight is 614 g/mol. The number of hydrogen-bond acceptors (Lipinski definition) is 5. The number of aryl methyl sites for hydroxylation is 2. The van der Waals surface area contributed by atoms with Crippen molar-refractivity contribution in [3.63, 3.8) is 0 Å². The van der Waals surface area contributed by atoms with Crippen molar-refractivity contribution in [2.24, 2.45) is 5.92 Å². The zero-order chi connectivity index (χ0) is 31.0. The molecule has 8 nitrogen and oxygen atoms in total. The fourth-order valence-corrected chi connectivity index (χ4v) is 5.95. The Morgan fingerprint density at radius 2 is 1.62 bits per heavy atom. The summed E-state index contributed by atoms with van der Waals surface area (Å²) in [5.41, 5.74) is 2.69. The van der Waals surface area contributed by atoms with Crippen molar-refractivity contribution in [2.45, 2.75) is 58.5 Å². The number of nitrogens with zero attached hydrogens (tertiary/aromatic N) is 2. The average Bonchev–Trinajstić information content (AvgIpc) is 2.96. The van der Waals surface area contributed by atoms with Gasteiger partial charge in [0.15, 0.2) is 0 Å². The molecule has 0 saturated heterocycles. The molecule has 1 N–H and O–H groups in total. The zero-order valence-electron chi connectivity index (χ0n) is 25.1. The predicted octanol–water partition coefficient (Wildman–Crippen LogP) is 5.74. The van der Waals surface area contributed by atoms with Crippen LogP contribution in [0.5, 0.6) is 5.75 Å². The summed E-state index contributed by atoms with van der Waals surface area (Å²) in [6.45, 7) is 9.51. The highest BCUT2D eigenvalue weighted by Gasteiger charge is 2.34. The lowest BCUT2D eigenvalue weighted by Gasteiger charge is -2.33. The minimum atomic E-state index is -4.17. The number of rotatable bonds is 13. The van der Waals surface area contributed by atoms with Crippen LogP contribution in [-0.4, -0.2) is 51.4 Å². The van der Waals surface area contributed by atoms with Gasteiger partial charge in [0.1, 0.15) is 18.3 Å². The lowest BCUT2D eigenvalue weighted by Crippen LogP contribution is -2.52. The van der Waals surface area contributed by atoms with Crippen molar-refractivity contribution >= 4 is 39.1 Å². The Morgan fingerprint density at radius 3 is 2.17 bits per heavy atom. The highest BCUT2D eigenvalue weighted by Crippen LogP contribution is 2.29. The van der Waals surface area contributed by atoms with E-state index in [4.69, 9.17) is 16.3 Å². The van der Waals surface area contributed by atoms with Crippen LogP contribution in [0.3, 0.4) is 0 Å². The Labute approximate surface area is 254 Å². The summed E-state index contributed by atoms with van der Waals surface area (Å²) < 4.78 is 34.3. The van der Waals surface area contributed by atoms with Gasteiger partial charge in [-0.25, -0.2) is 8.42 Å². The molecule has 0 unspecified atom stereocenters. The second kappa shape index (κ2) is 14.6. The van der Waals surface area contributed by atoms with Crippen LogP contribution in [0, 0.1) is 19.8 Å². The Morgan fingerprint density at radius 1 is 0.976 bits per heavy atom. The number of hydrogen-bond donors (Lipinski definition) is 1. The molecule has 0 aromatic heterocycles. The zero-order valence-corrected chi connectivity index (χ0v) is 26.6. The first kappa shape index (κ1) is 32.9. The summed E-state index contributed by atoms with van der Waals surface area (Å²) in [5.74, 6) is 0.0627. The van der Waals surface area contributed by atoms with Gasteiger partial charge in [0, 0.05) is 18.1 Å². The third-order valence-corrected chi connectivity index (χ3v) is 9.11. The first-order valence-corrected chi connectivity index (χ1v) is 15.7. The first-order valence-electron chi connectivity index (χ1n) is 13.9. The van der Waals surface area contributed by atoms with E-state index in [0.717, 1.165) is 21.0 Å². The van der Waals surface area contributed by atoms with Crippen LogP contribution in [0.25, 0.3) is 0 Å². The van der Waals surface area contributed by atoms with Gasteiger partial charge in [-0.15, -0.1) is 0 Å². The molecule has 0 radical (unpaired) electrons. The number of ether oxygens (including phenoxy) is 1. The van der Waals surface area contributed by atoms with E-state index in [9.17, 15) is 18.0 Å². The largest absolute Gasteiger partial charge is 0.497 e. The molecule has 3 aromatic carbocycles. The molecule has 3 rings (SSSR count). The maximum absolute atomic E-state index is 14.2. The fraction of sp³-hybridized carbons (Fsp3) is 0.375. The minimum Gasteiger partial charge on any atom is -0.497 e. The smallest absolute Gasteiger partial charge is 0.264 e. The predicted molar refractivity (Wildman–Crippen MR) is 167 cm³/mol. The molecule has 0 bridgehead atoms. The van der Waals surface area contributed by atoms with E-state index in [0.29, 0.717) is 23.7 Å². The third-order valence-electron chi connectivity index (χ3n) is 6.91. The van der Waals surface area contributed by atoms with Crippen molar-refractivity contribution in [3.8, 4) is 5.75 Å². The van der Waals surface area contributed by atoms with E-state index >= 15 is 0 Å². The SMILES string of the molecule is CC[C@H](C(=O)NCC(C)C)N(Cc1ccc(OC)cc1)C(=O)CN(c1ccc(C)c(Cl)c1)S(=O)(=O)c1ccc(C)cc1. The van der Waals surface area contributed by atoms with Gasteiger partial charge in [-0.3, -0.25) is 13.9 Å². The van der Waals surface area contributed by atoms with E-state index in [1.165, 1.54) is 23.1 Å². The van der Waals surface area contributed by atoms with Crippen LogP contribution in [0.1, 0.15) is 43.9 Å². The molecule has 10 heteroatoms. The van der Waals surface area contributed by atoms with Gasteiger partial charge in [-0.2, -0.15) is 0 Å². The number of amides is 2. The van der Waals surface area contributed by atoms with Crippen molar-refractivity contribution in [3.05, 3.63) is 88.4 Å². The van der Waals surface area contributed by atoms with E-state index in [-0.39, 0.29) is 29.0 Å². The highest BCUT2D eigenvalue weighted by atomic mass is 35.5. The summed E-state index contributed by atoms with van der Waals surface area (Å²) in [6, 6.07) is 17.7. The van der Waals surface area contributed by atoms with Crippen molar-refractivity contribution in [2.75, 3.05) is 24.5 Å². The van der Waals surface area contributed by atoms with Crippen LogP contribution in [0.4, 0.5) is 5.69 Å². The minimum absolute atomic E-state index is 0.0426. The van der Waals surface area contributed by atoms with E-state index in [2.05, 4.69) is 5.32 Å². The van der Waals surface area contributed by atoms with Crippen LogP contribution in [0.2, 0.25) is 5.02 Å². The molecule has 1 atom stereocenters. The number of methoxy groups -OCH3 is 1. The van der Waals surface area contributed by atoms with Gasteiger partial charge in [-0.05, 0) is 73.7 Å². The maximum atomic E-state index is 14.2. The number of carbonyl (C=O) groups excluding carboxylic acids is 2. The standard InChI is InChI=1S/C32H40ClN3O5S/c1-7-30(32(38)34-19-22(2)3)35(20-25-11-14-27(41-6)15-12-25)31(37)21-36(26-13-10-24(5)29(33)18-26)42(39,40)28-16-8-23(4)9-17-28/h8-18,22,30H,7,19-21H2,1-6H3,(H,34,38)/t30-/m1/s1. The fourth-order valence-electron chi connectivity index (χ4n) is 4.37. The Bertz CT molecular complexity index is 1470.